The molecule has 0 radical (unpaired) electrons. The molecule has 3 rings (SSSR count). The summed E-state index contributed by atoms with van der Waals surface area (Å²) in [4.78, 5) is 18.7. The van der Waals surface area contributed by atoms with Gasteiger partial charge in [0, 0.05) is 11.8 Å². The van der Waals surface area contributed by atoms with Gasteiger partial charge in [-0.25, -0.2) is 23.5 Å². The number of carboxylic acids is 1. The Kier molecular flexibility index (Phi) is 7.21. The summed E-state index contributed by atoms with van der Waals surface area (Å²) in [5, 5.41) is 11.6. The zero-order chi connectivity index (χ0) is 23.1. The molecule has 1 aromatic heterocycles. The Bertz CT molecular complexity index is 1050. The summed E-state index contributed by atoms with van der Waals surface area (Å²) in [5.74, 6) is -2.35. The number of nitrogens with zero attached hydrogens (tertiary/aromatic N) is 2. The normalized spacial score (nSPS) is 10.4. The number of hydrogen-bond acceptors (Lipinski definition) is 8. The molecule has 0 bridgehead atoms. The lowest BCUT2D eigenvalue weighted by Gasteiger charge is -2.13. The van der Waals surface area contributed by atoms with Crippen molar-refractivity contribution in [1.82, 2.24) is 9.97 Å². The minimum absolute atomic E-state index is 0.169. The van der Waals surface area contributed by atoms with Gasteiger partial charge in [-0.2, -0.15) is 0 Å². The molecule has 11 heteroatoms. The third-order valence-corrected chi connectivity index (χ3v) is 4.15. The molecule has 9 nitrogen and oxygen atoms in total. The first-order valence-electron chi connectivity index (χ1n) is 9.16. The van der Waals surface area contributed by atoms with Crippen LogP contribution in [0.15, 0.2) is 42.7 Å². The summed E-state index contributed by atoms with van der Waals surface area (Å²) in [6.45, 7) is -0.868. The fraction of sp³-hybridized carbons (Fsp3) is 0.190. The zero-order valence-corrected chi connectivity index (χ0v) is 17.1. The predicted molar refractivity (Wildman–Crippen MR) is 109 cm³/mol. The minimum atomic E-state index is -1.07. The van der Waals surface area contributed by atoms with E-state index in [0.717, 1.165) is 6.07 Å². The molecule has 32 heavy (non-hydrogen) atoms. The van der Waals surface area contributed by atoms with Crippen molar-refractivity contribution in [2.45, 2.75) is 6.61 Å². The number of benzene rings is 2. The van der Waals surface area contributed by atoms with Crippen LogP contribution in [-0.4, -0.2) is 41.9 Å². The van der Waals surface area contributed by atoms with Crippen LogP contribution in [0.3, 0.4) is 0 Å². The van der Waals surface area contributed by atoms with Gasteiger partial charge in [-0.1, -0.05) is 0 Å². The summed E-state index contributed by atoms with van der Waals surface area (Å²) in [6, 6.07) is 7.62. The molecule has 0 fully saturated rings. The van der Waals surface area contributed by atoms with Crippen LogP contribution < -0.4 is 24.3 Å². The minimum Gasteiger partial charge on any atom is -0.494 e. The van der Waals surface area contributed by atoms with E-state index in [1.54, 1.807) is 24.3 Å². The lowest BCUT2D eigenvalue weighted by atomic mass is 10.1. The molecular formula is C21H19F2N3O6. The second-order valence-corrected chi connectivity index (χ2v) is 6.25. The van der Waals surface area contributed by atoms with Crippen LogP contribution in [0.5, 0.6) is 23.0 Å². The molecule has 1 heterocycles. The number of anilines is 2. The number of rotatable bonds is 10. The summed E-state index contributed by atoms with van der Waals surface area (Å²) in [5.41, 5.74) is 0.280. The maximum Gasteiger partial charge on any atom is 0.341 e. The van der Waals surface area contributed by atoms with Crippen molar-refractivity contribution in [1.29, 1.82) is 0 Å². The molecule has 2 N–H and O–H groups in total. The summed E-state index contributed by atoms with van der Waals surface area (Å²) < 4.78 is 49.0. The molecule has 168 valence electrons. The van der Waals surface area contributed by atoms with Crippen molar-refractivity contribution in [2.24, 2.45) is 0 Å². The quantitative estimate of drug-likeness (QED) is 0.482. The van der Waals surface area contributed by atoms with Crippen LogP contribution >= 0.6 is 0 Å². The first-order valence-corrected chi connectivity index (χ1v) is 9.16. The van der Waals surface area contributed by atoms with Crippen molar-refractivity contribution in [3.63, 3.8) is 0 Å². The Balaban J connectivity index is 1.63. The topological polar surface area (TPSA) is 112 Å². The molecule has 0 aliphatic carbocycles. The first-order chi connectivity index (χ1) is 15.4. The molecule has 0 aliphatic rings. The Hall–Kier alpha value is -4.15. The highest BCUT2D eigenvalue weighted by Gasteiger charge is 2.20. The molecule has 0 saturated heterocycles. The van der Waals surface area contributed by atoms with E-state index >= 15 is 0 Å². The van der Waals surface area contributed by atoms with Crippen LogP contribution in [0.2, 0.25) is 0 Å². The van der Waals surface area contributed by atoms with Crippen LogP contribution in [-0.2, 0) is 11.4 Å². The van der Waals surface area contributed by atoms with Crippen LogP contribution in [0.1, 0.15) is 5.56 Å². The standard InChI is InChI=1S/C21H19F2N3O6/c1-29-16-7-17(30-2)20(23)15(19(16)22)10-31-14-8-24-21(25-9-14)26-12-3-5-13(6-4-12)32-11-18(27)28/h3-9H,10-11H2,1-2H3,(H,27,28)(H,24,25,26). The van der Waals surface area contributed by atoms with Gasteiger partial charge in [-0.15, -0.1) is 0 Å². The highest BCUT2D eigenvalue weighted by atomic mass is 19.1. The highest BCUT2D eigenvalue weighted by molar-refractivity contribution is 5.68. The second kappa shape index (κ2) is 10.2. The molecule has 2 aromatic carbocycles. The van der Waals surface area contributed by atoms with Crippen LogP contribution in [0.25, 0.3) is 0 Å². The SMILES string of the molecule is COc1cc(OC)c(F)c(COc2cnc(Nc3ccc(OCC(=O)O)cc3)nc2)c1F. The van der Waals surface area contributed by atoms with Gasteiger partial charge in [0.15, 0.2) is 35.5 Å². The van der Waals surface area contributed by atoms with Gasteiger partial charge in [-0.3, -0.25) is 0 Å². The predicted octanol–water partition coefficient (Wildman–Crippen LogP) is 3.56. The van der Waals surface area contributed by atoms with E-state index in [1.807, 2.05) is 0 Å². The number of aliphatic carboxylic acids is 1. The summed E-state index contributed by atoms with van der Waals surface area (Å²) in [6.07, 6.45) is 2.68. The lowest BCUT2D eigenvalue weighted by molar-refractivity contribution is -0.139. The van der Waals surface area contributed by atoms with E-state index in [1.165, 1.54) is 26.6 Å². The van der Waals surface area contributed by atoms with E-state index in [2.05, 4.69) is 15.3 Å². The second-order valence-electron chi connectivity index (χ2n) is 6.25. The number of carbonyl (C=O) groups is 1. The van der Waals surface area contributed by atoms with Gasteiger partial charge in [0.25, 0.3) is 0 Å². The van der Waals surface area contributed by atoms with Crippen molar-refractivity contribution >= 4 is 17.6 Å². The van der Waals surface area contributed by atoms with E-state index in [4.69, 9.17) is 24.1 Å². The molecular weight excluding hydrogens is 428 g/mol. The van der Waals surface area contributed by atoms with Crippen LogP contribution in [0, 0.1) is 11.6 Å². The first kappa shape index (κ1) is 22.5. The van der Waals surface area contributed by atoms with Gasteiger partial charge >= 0.3 is 5.97 Å². The average molecular weight is 447 g/mol. The average Bonchev–Trinajstić information content (AvgIpc) is 2.80. The highest BCUT2D eigenvalue weighted by Crippen LogP contribution is 2.32. The fourth-order valence-corrected chi connectivity index (χ4v) is 2.58. The molecule has 0 aliphatic heterocycles. The number of methoxy groups -OCH3 is 2. The Morgan fingerprint density at radius 2 is 1.56 bits per heavy atom. The summed E-state index contributed by atoms with van der Waals surface area (Å²) in [7, 11) is 2.52. The van der Waals surface area contributed by atoms with Gasteiger partial charge in [-0.05, 0) is 24.3 Å². The van der Waals surface area contributed by atoms with Gasteiger partial charge < -0.3 is 29.4 Å². The Morgan fingerprint density at radius 1 is 0.969 bits per heavy atom. The number of nitrogens with one attached hydrogen (secondary N) is 1. The molecule has 0 saturated carbocycles. The third kappa shape index (κ3) is 5.50. The lowest BCUT2D eigenvalue weighted by Crippen LogP contribution is -2.09. The van der Waals surface area contributed by atoms with Crippen LogP contribution in [0.4, 0.5) is 20.4 Å². The Labute approximate surface area is 181 Å². The maximum absolute atomic E-state index is 14.4. The Morgan fingerprint density at radius 3 is 2.09 bits per heavy atom. The molecule has 3 aromatic rings. The van der Waals surface area contributed by atoms with E-state index in [9.17, 15) is 13.6 Å². The molecule has 0 atom stereocenters. The van der Waals surface area contributed by atoms with Gasteiger partial charge in [0.2, 0.25) is 5.95 Å². The number of aromatic nitrogens is 2. The summed E-state index contributed by atoms with van der Waals surface area (Å²) >= 11 is 0. The largest absolute Gasteiger partial charge is 0.494 e. The molecule has 0 amide bonds. The molecule has 0 unspecified atom stereocenters. The van der Waals surface area contributed by atoms with E-state index in [0.29, 0.717) is 11.4 Å². The van der Waals surface area contributed by atoms with Crippen molar-refractivity contribution in [2.75, 3.05) is 26.1 Å². The number of ether oxygens (including phenoxy) is 4. The maximum atomic E-state index is 14.4. The fourth-order valence-electron chi connectivity index (χ4n) is 2.58. The third-order valence-electron chi connectivity index (χ3n) is 4.15. The molecule has 0 spiro atoms. The smallest absolute Gasteiger partial charge is 0.341 e. The van der Waals surface area contributed by atoms with E-state index < -0.39 is 30.8 Å². The number of hydrogen-bond donors (Lipinski definition) is 2. The van der Waals surface area contributed by atoms with Crippen molar-refractivity contribution in [3.05, 3.63) is 59.9 Å². The van der Waals surface area contributed by atoms with E-state index in [-0.39, 0.29) is 28.8 Å². The van der Waals surface area contributed by atoms with Crippen molar-refractivity contribution in [3.8, 4) is 23.0 Å². The zero-order valence-electron chi connectivity index (χ0n) is 17.1. The monoisotopic (exact) mass is 447 g/mol. The van der Waals surface area contributed by atoms with Gasteiger partial charge in [0.05, 0.1) is 32.2 Å². The number of halogens is 2. The number of carboxylic acid groups (broad SMARTS) is 1. The van der Waals surface area contributed by atoms with Gasteiger partial charge in [0.1, 0.15) is 12.4 Å². The van der Waals surface area contributed by atoms with Crippen molar-refractivity contribution < 1.29 is 37.6 Å².